The van der Waals surface area contributed by atoms with Crippen molar-refractivity contribution in [1.29, 1.82) is 0 Å². The van der Waals surface area contributed by atoms with Crippen molar-refractivity contribution in [2.24, 2.45) is 7.05 Å². The van der Waals surface area contributed by atoms with Gasteiger partial charge in [-0.2, -0.15) is 0 Å². The number of carbonyl (C=O) groups is 2. The molecule has 0 aliphatic carbocycles. The van der Waals surface area contributed by atoms with Crippen molar-refractivity contribution in [2.45, 2.75) is 11.3 Å². The van der Waals surface area contributed by atoms with Gasteiger partial charge in [0.2, 0.25) is 12.0 Å². The van der Waals surface area contributed by atoms with Gasteiger partial charge in [-0.25, -0.2) is 0 Å². The van der Waals surface area contributed by atoms with Crippen LogP contribution in [0.3, 0.4) is 0 Å². The lowest BCUT2D eigenvalue weighted by molar-refractivity contribution is -0.135. The minimum absolute atomic E-state index is 0.0121. The third-order valence-corrected chi connectivity index (χ3v) is 5.19. The van der Waals surface area contributed by atoms with E-state index in [4.69, 9.17) is 9.47 Å². The first kappa shape index (κ1) is 18.9. The zero-order valence-corrected chi connectivity index (χ0v) is 16.3. The fraction of sp³-hybridized carbons (Fsp3) is 0.211. The number of fused-ring (bicyclic) bond motifs is 1. The van der Waals surface area contributed by atoms with Crippen molar-refractivity contribution in [3.05, 3.63) is 48.8 Å². The fourth-order valence-corrected chi connectivity index (χ4v) is 3.44. The summed E-state index contributed by atoms with van der Waals surface area (Å²) in [6.45, 7) is 0.0435. The van der Waals surface area contributed by atoms with Crippen LogP contribution in [0.25, 0.3) is 11.4 Å². The van der Waals surface area contributed by atoms with Crippen LogP contribution < -0.4 is 14.8 Å². The van der Waals surface area contributed by atoms with E-state index in [1.54, 1.807) is 35.2 Å². The number of carbonyl (C=O) groups excluding carboxylic acids is 2. The summed E-state index contributed by atoms with van der Waals surface area (Å²) in [5.41, 5.74) is 0.871. The Morgan fingerprint density at radius 3 is 2.72 bits per heavy atom. The molecule has 9 nitrogen and oxygen atoms in total. The van der Waals surface area contributed by atoms with Gasteiger partial charge in [-0.3, -0.25) is 19.9 Å². The first-order valence-electron chi connectivity index (χ1n) is 8.76. The van der Waals surface area contributed by atoms with Gasteiger partial charge in [-0.05, 0) is 24.3 Å². The lowest BCUT2D eigenvalue weighted by Gasteiger charge is -2.25. The van der Waals surface area contributed by atoms with Crippen molar-refractivity contribution in [1.82, 2.24) is 25.1 Å². The third kappa shape index (κ3) is 4.21. The highest BCUT2D eigenvalue weighted by molar-refractivity contribution is 7.99. The summed E-state index contributed by atoms with van der Waals surface area (Å²) in [6.07, 6.45) is 2.46. The van der Waals surface area contributed by atoms with Gasteiger partial charge in [0.15, 0.2) is 22.5 Å². The second-order valence-corrected chi connectivity index (χ2v) is 7.11. The number of hydrogen-bond donors (Lipinski definition) is 1. The van der Waals surface area contributed by atoms with Crippen LogP contribution in [0.4, 0.5) is 0 Å². The molecule has 0 unspecified atom stereocenters. The predicted molar refractivity (Wildman–Crippen MR) is 104 cm³/mol. The Bertz CT molecular complexity index is 1040. The Hall–Kier alpha value is -3.40. The normalized spacial score (nSPS) is 15.0. The molecule has 0 bridgehead atoms. The van der Waals surface area contributed by atoms with E-state index < -0.39 is 17.9 Å². The van der Waals surface area contributed by atoms with Crippen LogP contribution in [0, 0.1) is 0 Å². The van der Waals surface area contributed by atoms with E-state index in [0.717, 1.165) is 5.56 Å². The largest absolute Gasteiger partial charge is 0.485 e. The van der Waals surface area contributed by atoms with E-state index >= 15 is 0 Å². The van der Waals surface area contributed by atoms with E-state index in [0.29, 0.717) is 22.5 Å². The van der Waals surface area contributed by atoms with E-state index in [1.807, 2.05) is 25.2 Å². The number of nitrogens with one attached hydrogen (secondary N) is 1. The first-order chi connectivity index (χ1) is 14.1. The van der Waals surface area contributed by atoms with Crippen LogP contribution in [-0.4, -0.2) is 50.0 Å². The Kier molecular flexibility index (Phi) is 5.43. The van der Waals surface area contributed by atoms with Gasteiger partial charge in [0.25, 0.3) is 5.91 Å². The van der Waals surface area contributed by atoms with Gasteiger partial charge in [0.1, 0.15) is 6.61 Å². The highest BCUT2D eigenvalue weighted by Gasteiger charge is 2.28. The van der Waals surface area contributed by atoms with Crippen LogP contribution in [0.1, 0.15) is 0 Å². The van der Waals surface area contributed by atoms with Gasteiger partial charge in [0.05, 0.1) is 5.75 Å². The van der Waals surface area contributed by atoms with Gasteiger partial charge in [0, 0.05) is 25.0 Å². The summed E-state index contributed by atoms with van der Waals surface area (Å²) in [4.78, 5) is 28.5. The van der Waals surface area contributed by atoms with Gasteiger partial charge in [-0.15, -0.1) is 10.2 Å². The van der Waals surface area contributed by atoms with Crippen molar-refractivity contribution in [3.63, 3.8) is 0 Å². The Labute approximate surface area is 170 Å². The molecule has 4 rings (SSSR count). The Morgan fingerprint density at radius 2 is 1.93 bits per heavy atom. The van der Waals surface area contributed by atoms with Gasteiger partial charge in [-0.1, -0.05) is 23.9 Å². The lowest BCUT2D eigenvalue weighted by atomic mass is 10.2. The monoisotopic (exact) mass is 411 g/mol. The molecule has 0 spiro atoms. The predicted octanol–water partition coefficient (Wildman–Crippen LogP) is 1.45. The molecule has 148 valence electrons. The molecular formula is C19H17N5O4S. The second kappa shape index (κ2) is 8.31. The zero-order valence-electron chi connectivity index (χ0n) is 15.4. The third-order valence-electron chi connectivity index (χ3n) is 4.17. The fourth-order valence-electron chi connectivity index (χ4n) is 2.73. The molecule has 29 heavy (non-hydrogen) atoms. The number of aromatic nitrogens is 4. The molecule has 1 N–H and O–H groups in total. The van der Waals surface area contributed by atoms with Crippen LogP contribution in [-0.2, 0) is 16.6 Å². The quantitative estimate of drug-likeness (QED) is 0.629. The topological polar surface area (TPSA) is 108 Å². The van der Waals surface area contributed by atoms with E-state index in [1.165, 1.54) is 11.8 Å². The van der Waals surface area contributed by atoms with Gasteiger partial charge < -0.3 is 14.0 Å². The molecule has 0 fully saturated rings. The molecule has 3 heterocycles. The van der Waals surface area contributed by atoms with Gasteiger partial charge >= 0.3 is 0 Å². The van der Waals surface area contributed by atoms with Crippen LogP contribution in [0.2, 0.25) is 0 Å². The molecule has 0 saturated heterocycles. The first-order valence-corrected chi connectivity index (χ1v) is 9.75. The number of thioether (sulfide) groups is 1. The SMILES string of the molecule is Cn1c(SCC(=O)NC(=O)[C@@H]2COc3ccccc3O2)nnc1-c1ccncc1. The highest BCUT2D eigenvalue weighted by Crippen LogP contribution is 2.30. The highest BCUT2D eigenvalue weighted by atomic mass is 32.2. The molecule has 3 aromatic rings. The number of rotatable bonds is 5. The molecule has 2 amide bonds. The van der Waals surface area contributed by atoms with E-state index in [2.05, 4.69) is 20.5 Å². The van der Waals surface area contributed by atoms with Crippen LogP contribution in [0.5, 0.6) is 11.5 Å². The summed E-state index contributed by atoms with van der Waals surface area (Å²) >= 11 is 1.19. The van der Waals surface area contributed by atoms with E-state index in [9.17, 15) is 9.59 Å². The van der Waals surface area contributed by atoms with Crippen molar-refractivity contribution in [2.75, 3.05) is 12.4 Å². The van der Waals surface area contributed by atoms with Crippen molar-refractivity contribution >= 4 is 23.6 Å². The minimum Gasteiger partial charge on any atom is -0.485 e. The molecule has 1 aliphatic rings. The zero-order chi connectivity index (χ0) is 20.2. The van der Waals surface area contributed by atoms with E-state index in [-0.39, 0.29) is 12.4 Å². The smallest absolute Gasteiger partial charge is 0.271 e. The summed E-state index contributed by atoms with van der Waals surface area (Å²) in [7, 11) is 1.81. The molecule has 1 aromatic carbocycles. The average molecular weight is 411 g/mol. The molecule has 2 aromatic heterocycles. The maximum atomic E-state index is 12.3. The summed E-state index contributed by atoms with van der Waals surface area (Å²) in [5, 5.41) is 11.2. The number of para-hydroxylation sites is 2. The number of pyridine rings is 1. The summed E-state index contributed by atoms with van der Waals surface area (Å²) in [5.74, 6) is 0.738. The Morgan fingerprint density at radius 1 is 1.17 bits per heavy atom. The average Bonchev–Trinajstić information content (AvgIpc) is 3.12. The standard InChI is InChI=1S/C19H17N5O4S/c1-24-17(12-6-8-20-9-7-12)22-23-19(24)29-11-16(25)21-18(26)15-10-27-13-4-2-3-5-14(13)28-15/h2-9,15H,10-11H2,1H3,(H,21,25,26)/t15-/m0/s1. The molecule has 1 atom stereocenters. The van der Waals surface area contributed by atoms with Crippen LogP contribution >= 0.6 is 11.8 Å². The number of benzene rings is 1. The van der Waals surface area contributed by atoms with Crippen molar-refractivity contribution in [3.8, 4) is 22.9 Å². The van der Waals surface area contributed by atoms with Crippen molar-refractivity contribution < 1.29 is 19.1 Å². The number of nitrogens with zero attached hydrogens (tertiary/aromatic N) is 4. The number of hydrogen-bond acceptors (Lipinski definition) is 8. The lowest BCUT2D eigenvalue weighted by Crippen LogP contribution is -2.46. The summed E-state index contributed by atoms with van der Waals surface area (Å²) in [6, 6.07) is 10.7. The molecule has 0 saturated carbocycles. The molecule has 10 heteroatoms. The molecule has 1 aliphatic heterocycles. The number of amides is 2. The Balaban J connectivity index is 1.32. The second-order valence-electron chi connectivity index (χ2n) is 6.17. The van der Waals surface area contributed by atoms with Crippen LogP contribution in [0.15, 0.2) is 53.9 Å². The minimum atomic E-state index is -0.882. The maximum Gasteiger partial charge on any atom is 0.271 e. The maximum absolute atomic E-state index is 12.3. The number of ether oxygens (including phenoxy) is 2. The number of imide groups is 1. The molecule has 0 radical (unpaired) electrons. The summed E-state index contributed by atoms with van der Waals surface area (Å²) < 4.78 is 12.9. The molecular weight excluding hydrogens is 394 g/mol.